The minimum atomic E-state index is -3.01. The lowest BCUT2D eigenvalue weighted by atomic mass is 9.96. The van der Waals surface area contributed by atoms with Gasteiger partial charge in [-0.1, -0.05) is 6.07 Å². The Morgan fingerprint density at radius 1 is 1.32 bits per heavy atom. The zero-order valence-electron chi connectivity index (χ0n) is 16.6. The van der Waals surface area contributed by atoms with Crippen molar-refractivity contribution in [2.24, 2.45) is 0 Å². The summed E-state index contributed by atoms with van der Waals surface area (Å²) in [4.78, 5) is 31.8. The van der Waals surface area contributed by atoms with Gasteiger partial charge in [0, 0.05) is 29.2 Å². The highest BCUT2D eigenvalue weighted by Crippen LogP contribution is 2.47. The molecule has 8 nitrogen and oxygen atoms in total. The number of carbonyl (C=O) groups excluding carboxylic acids is 2. The fraction of sp³-hybridized carbons (Fsp3) is 0.300. The number of amides is 2. The van der Waals surface area contributed by atoms with Gasteiger partial charge in [-0.05, 0) is 47.8 Å². The van der Waals surface area contributed by atoms with Gasteiger partial charge in [0.1, 0.15) is 5.75 Å². The van der Waals surface area contributed by atoms with E-state index in [0.717, 1.165) is 0 Å². The number of benzene rings is 2. The number of rotatable bonds is 5. The second-order valence-corrected chi connectivity index (χ2v) is 10.1. The SMILES string of the molecule is CC1(O)C(=O)N(c2cccc(OC(F)F)c2)c2ccc(C(=O)NS3(C)CCOO3)cc21. The maximum atomic E-state index is 13.0. The molecule has 0 radical (unpaired) electrons. The quantitative estimate of drug-likeness (QED) is 0.674. The molecule has 2 amide bonds. The Balaban J connectivity index is 1.68. The molecule has 2 atom stereocenters. The van der Waals surface area contributed by atoms with E-state index in [2.05, 4.69) is 9.46 Å². The summed E-state index contributed by atoms with van der Waals surface area (Å²) in [6, 6.07) is 10.1. The molecule has 1 saturated heterocycles. The molecule has 2 unspecified atom stereocenters. The number of aliphatic hydroxyl groups is 1. The molecule has 0 spiro atoms. The van der Waals surface area contributed by atoms with Gasteiger partial charge >= 0.3 is 6.61 Å². The molecule has 0 aliphatic carbocycles. The second kappa shape index (κ2) is 7.75. The minimum absolute atomic E-state index is 0.126. The van der Waals surface area contributed by atoms with Crippen molar-refractivity contribution >= 4 is 33.7 Å². The van der Waals surface area contributed by atoms with Crippen LogP contribution in [0.1, 0.15) is 22.8 Å². The smallest absolute Gasteiger partial charge is 0.387 e. The number of fused-ring (bicyclic) bond motifs is 1. The normalized spacial score (nSPS) is 27.2. The first kappa shape index (κ1) is 21.5. The molecule has 2 aliphatic heterocycles. The molecule has 0 saturated carbocycles. The monoisotopic (exact) mass is 454 g/mol. The minimum Gasteiger partial charge on any atom is -0.435 e. The molecular weight excluding hydrogens is 434 g/mol. The summed E-state index contributed by atoms with van der Waals surface area (Å²) in [5.41, 5.74) is -0.899. The average molecular weight is 454 g/mol. The van der Waals surface area contributed by atoms with Crippen molar-refractivity contribution in [3.05, 3.63) is 53.6 Å². The number of carbonyl (C=O) groups is 2. The molecule has 2 aromatic carbocycles. The molecule has 11 heteroatoms. The molecule has 2 aliphatic rings. The Kier molecular flexibility index (Phi) is 5.38. The first-order chi connectivity index (χ1) is 14.6. The Morgan fingerprint density at radius 2 is 2.10 bits per heavy atom. The third-order valence-corrected chi connectivity index (χ3v) is 6.97. The predicted octanol–water partition coefficient (Wildman–Crippen LogP) is 3.13. The van der Waals surface area contributed by atoms with Gasteiger partial charge in [0.25, 0.3) is 11.8 Å². The molecule has 4 rings (SSSR count). The molecule has 0 bridgehead atoms. The van der Waals surface area contributed by atoms with E-state index in [4.69, 9.17) is 9.22 Å². The van der Waals surface area contributed by atoms with Crippen molar-refractivity contribution in [2.45, 2.75) is 19.1 Å². The molecule has 1 fully saturated rings. The highest BCUT2D eigenvalue weighted by molar-refractivity contribution is 8.28. The maximum absolute atomic E-state index is 13.0. The largest absolute Gasteiger partial charge is 0.435 e. The van der Waals surface area contributed by atoms with E-state index in [1.54, 1.807) is 6.26 Å². The molecule has 2 aromatic rings. The van der Waals surface area contributed by atoms with E-state index in [1.807, 2.05) is 0 Å². The predicted molar refractivity (Wildman–Crippen MR) is 109 cm³/mol. The van der Waals surface area contributed by atoms with Gasteiger partial charge in [-0.2, -0.15) is 13.1 Å². The lowest BCUT2D eigenvalue weighted by Crippen LogP contribution is -2.35. The Bertz CT molecular complexity index is 1040. The number of anilines is 2. The Labute approximate surface area is 178 Å². The van der Waals surface area contributed by atoms with Gasteiger partial charge in [0.05, 0.1) is 18.0 Å². The lowest BCUT2D eigenvalue weighted by molar-refractivity contribution is -0.173. The zero-order chi connectivity index (χ0) is 22.4. The number of hydrogen-bond acceptors (Lipinski definition) is 6. The molecule has 0 aromatic heterocycles. The van der Waals surface area contributed by atoms with Crippen molar-refractivity contribution < 1.29 is 37.4 Å². The fourth-order valence-corrected chi connectivity index (χ4v) is 4.83. The van der Waals surface area contributed by atoms with Crippen LogP contribution in [0.4, 0.5) is 20.2 Å². The number of halogens is 2. The maximum Gasteiger partial charge on any atom is 0.387 e. The van der Waals surface area contributed by atoms with E-state index in [0.29, 0.717) is 18.0 Å². The molecular formula is C20H20F2N2O6S. The van der Waals surface area contributed by atoms with Crippen LogP contribution in [0.15, 0.2) is 42.5 Å². The van der Waals surface area contributed by atoms with Gasteiger partial charge < -0.3 is 9.84 Å². The number of hydrogen-bond donors (Lipinski definition) is 2. The number of nitrogens with one attached hydrogen (secondary N) is 1. The van der Waals surface area contributed by atoms with Crippen LogP contribution in [0.2, 0.25) is 0 Å². The van der Waals surface area contributed by atoms with Crippen LogP contribution in [0.5, 0.6) is 5.75 Å². The standard InChI is InChI=1S/C20H20F2N2O6S/c1-20(27)15-10-12(17(25)23-31(2)9-8-28-30-31)6-7-16(15)24(18(20)26)13-4-3-5-14(11-13)29-19(21)22/h3-7,10-11,19,27H,8-9H2,1-2H3,(H,23,25). The van der Waals surface area contributed by atoms with Crippen molar-refractivity contribution in [3.8, 4) is 5.75 Å². The summed E-state index contributed by atoms with van der Waals surface area (Å²) in [5.74, 6) is -0.691. The van der Waals surface area contributed by atoms with Gasteiger partial charge in [0.2, 0.25) is 0 Å². The summed E-state index contributed by atoms with van der Waals surface area (Å²) in [6.45, 7) is -1.32. The van der Waals surface area contributed by atoms with Crippen molar-refractivity contribution in [3.63, 3.8) is 0 Å². The third kappa shape index (κ3) is 3.97. The fourth-order valence-electron chi connectivity index (χ4n) is 3.45. The van der Waals surface area contributed by atoms with E-state index in [-0.39, 0.29) is 22.6 Å². The van der Waals surface area contributed by atoms with E-state index in [1.165, 1.54) is 54.3 Å². The van der Waals surface area contributed by atoms with Crippen molar-refractivity contribution in [1.82, 2.24) is 4.72 Å². The topological polar surface area (TPSA) is 97.3 Å². The van der Waals surface area contributed by atoms with Gasteiger partial charge in [-0.25, -0.2) is 4.89 Å². The van der Waals surface area contributed by atoms with Crippen LogP contribution < -0.4 is 14.4 Å². The number of nitrogens with zero attached hydrogens (tertiary/aromatic N) is 1. The average Bonchev–Trinajstić information content (AvgIpc) is 3.21. The summed E-state index contributed by atoms with van der Waals surface area (Å²) in [5, 5.41) is 10.9. The van der Waals surface area contributed by atoms with Crippen LogP contribution in [-0.4, -0.2) is 42.1 Å². The number of ether oxygens (including phenoxy) is 1. The summed E-state index contributed by atoms with van der Waals surface area (Å²) < 4.78 is 37.5. The third-order valence-electron chi connectivity index (χ3n) is 5.01. The first-order valence-corrected chi connectivity index (χ1v) is 11.4. The molecule has 2 heterocycles. The summed E-state index contributed by atoms with van der Waals surface area (Å²) in [7, 11) is -1.91. The van der Waals surface area contributed by atoms with Crippen molar-refractivity contribution in [2.75, 3.05) is 23.5 Å². The Morgan fingerprint density at radius 3 is 2.77 bits per heavy atom. The highest BCUT2D eigenvalue weighted by atomic mass is 32.3. The van der Waals surface area contributed by atoms with Crippen LogP contribution in [0, 0.1) is 0 Å². The van der Waals surface area contributed by atoms with Crippen molar-refractivity contribution in [1.29, 1.82) is 0 Å². The molecule has 2 N–H and O–H groups in total. The summed E-state index contributed by atoms with van der Waals surface area (Å²) >= 11 is 0. The number of alkyl halides is 2. The lowest BCUT2D eigenvalue weighted by Gasteiger charge is -2.27. The van der Waals surface area contributed by atoms with E-state index in [9.17, 15) is 23.5 Å². The Hall–Kier alpha value is -2.73. The van der Waals surface area contributed by atoms with Crippen LogP contribution >= 0.6 is 10.5 Å². The highest BCUT2D eigenvalue weighted by Gasteiger charge is 2.47. The molecule has 166 valence electrons. The zero-order valence-corrected chi connectivity index (χ0v) is 17.4. The van der Waals surface area contributed by atoms with Crippen LogP contribution in [0.3, 0.4) is 0 Å². The van der Waals surface area contributed by atoms with Gasteiger partial charge in [-0.3, -0.25) is 19.2 Å². The van der Waals surface area contributed by atoms with E-state index < -0.39 is 34.5 Å². The van der Waals surface area contributed by atoms with E-state index >= 15 is 0 Å². The van der Waals surface area contributed by atoms with Crippen LogP contribution in [-0.2, 0) is 19.6 Å². The second-order valence-electron chi connectivity index (χ2n) is 7.35. The summed E-state index contributed by atoms with van der Waals surface area (Å²) in [6.07, 6.45) is 1.75. The first-order valence-electron chi connectivity index (χ1n) is 9.26. The molecule has 31 heavy (non-hydrogen) atoms. The van der Waals surface area contributed by atoms with Gasteiger partial charge in [0.15, 0.2) is 5.60 Å². The van der Waals surface area contributed by atoms with Gasteiger partial charge in [-0.15, -0.1) is 0 Å². The van der Waals surface area contributed by atoms with Crippen LogP contribution in [0.25, 0.3) is 0 Å².